The van der Waals surface area contributed by atoms with Gasteiger partial charge in [0.15, 0.2) is 12.6 Å². The Morgan fingerprint density at radius 2 is 1.45 bits per heavy atom. The van der Waals surface area contributed by atoms with Gasteiger partial charge in [0, 0.05) is 0 Å². The second-order valence-electron chi connectivity index (χ2n) is 19.6. The highest BCUT2D eigenvalue weighted by atomic mass is 16.7. The molecule has 0 aromatic rings. The fraction of sp³-hybridized carbons (Fsp3) is 0.951. The van der Waals surface area contributed by atoms with E-state index in [2.05, 4.69) is 41.2 Å². The zero-order chi connectivity index (χ0) is 39.1. The molecule has 12 heteroatoms. The number of hydrogen-bond acceptors (Lipinski definition) is 12. The standard InChI is InChI=1S/C41H70O12/c1-21(2)24(42)12-18-41(8,53-36-34(49)32(47)31(46)26(52-36)20-51-35-33(48)30(45)25(43)19-50-35)23-11-16-39(6)22(23)9-10-28-38(5)15-14-29(44)37(3,4)27(38)13-17-40(28,39)7/h22-36,42-49H,1,9-20H2,2-8H3. The average Bonchev–Trinajstić information content (AvgIpc) is 3.47. The molecular weight excluding hydrogens is 684 g/mol. The lowest BCUT2D eigenvalue weighted by molar-refractivity contribution is -0.344. The Morgan fingerprint density at radius 1 is 0.792 bits per heavy atom. The van der Waals surface area contributed by atoms with Gasteiger partial charge in [0.2, 0.25) is 0 Å². The third-order valence-electron chi connectivity index (χ3n) is 16.6. The van der Waals surface area contributed by atoms with Crippen molar-refractivity contribution in [2.45, 2.75) is 186 Å². The highest BCUT2D eigenvalue weighted by Crippen LogP contribution is 2.76. The SMILES string of the molecule is C=C(C)C(O)CCC(C)(OC1OC(COC2OCC(O)C(O)C2O)C(O)C(O)C1O)C1CCC2(C)C1CCC1C3(C)CCC(O)C(C)(C)C3CCC12C. The molecule has 2 heterocycles. The molecule has 0 aromatic carbocycles. The Balaban J connectivity index is 1.24. The van der Waals surface area contributed by atoms with Crippen molar-refractivity contribution in [2.75, 3.05) is 13.2 Å². The van der Waals surface area contributed by atoms with Gasteiger partial charge in [-0.25, -0.2) is 0 Å². The maximum atomic E-state index is 11.3. The Hall–Kier alpha value is -0.740. The molecule has 6 aliphatic rings. The van der Waals surface area contributed by atoms with E-state index >= 15 is 0 Å². The molecule has 12 nitrogen and oxygen atoms in total. The van der Waals surface area contributed by atoms with E-state index < -0.39 is 67.0 Å². The lowest BCUT2D eigenvalue weighted by Gasteiger charge is -2.70. The first-order valence-corrected chi connectivity index (χ1v) is 20.3. The van der Waals surface area contributed by atoms with E-state index in [1.165, 1.54) is 0 Å². The van der Waals surface area contributed by atoms with Crippen molar-refractivity contribution in [3.05, 3.63) is 12.2 Å². The van der Waals surface area contributed by atoms with E-state index in [0.717, 1.165) is 51.4 Å². The van der Waals surface area contributed by atoms with E-state index in [-0.39, 0.29) is 46.9 Å². The van der Waals surface area contributed by atoms with Crippen LogP contribution in [0.1, 0.15) is 113 Å². The lowest BCUT2D eigenvalue weighted by Crippen LogP contribution is -2.64. The molecule has 2 saturated heterocycles. The maximum Gasteiger partial charge on any atom is 0.187 e. The first-order chi connectivity index (χ1) is 24.6. The number of aliphatic hydroxyl groups excluding tert-OH is 8. The van der Waals surface area contributed by atoms with Crippen LogP contribution in [0.5, 0.6) is 0 Å². The molecule has 2 aliphatic heterocycles. The zero-order valence-electron chi connectivity index (χ0n) is 33.1. The predicted octanol–water partition coefficient (Wildman–Crippen LogP) is 2.79. The van der Waals surface area contributed by atoms with Crippen LogP contribution >= 0.6 is 0 Å². The van der Waals surface area contributed by atoms with Gasteiger partial charge in [0.1, 0.15) is 42.7 Å². The minimum absolute atomic E-state index is 0.00343. The summed E-state index contributed by atoms with van der Waals surface area (Å²) in [7, 11) is 0. The number of hydrogen-bond donors (Lipinski definition) is 8. The summed E-state index contributed by atoms with van der Waals surface area (Å²) in [5, 5.41) is 85.5. The summed E-state index contributed by atoms with van der Waals surface area (Å²) in [5.41, 5.74) is -0.165. The smallest absolute Gasteiger partial charge is 0.187 e. The quantitative estimate of drug-likeness (QED) is 0.152. The molecule has 6 rings (SSSR count). The number of rotatable bonds is 10. The minimum Gasteiger partial charge on any atom is -0.393 e. The summed E-state index contributed by atoms with van der Waals surface area (Å²) in [5.74, 6) is 1.32. The third kappa shape index (κ3) is 6.90. The normalized spacial score (nSPS) is 51.4. The van der Waals surface area contributed by atoms with Gasteiger partial charge in [-0.1, -0.05) is 46.8 Å². The lowest BCUT2D eigenvalue weighted by atomic mass is 9.35. The van der Waals surface area contributed by atoms with E-state index in [1.807, 2.05) is 6.92 Å². The van der Waals surface area contributed by atoms with Crippen molar-refractivity contribution >= 4 is 0 Å². The Labute approximate surface area is 315 Å². The van der Waals surface area contributed by atoms with Crippen molar-refractivity contribution in [1.82, 2.24) is 0 Å². The van der Waals surface area contributed by atoms with Crippen LogP contribution in [-0.4, -0.2) is 127 Å². The van der Waals surface area contributed by atoms with Gasteiger partial charge in [-0.05, 0) is 123 Å². The summed E-state index contributed by atoms with van der Waals surface area (Å²) < 4.78 is 24.1. The average molecular weight is 755 g/mol. The van der Waals surface area contributed by atoms with Crippen LogP contribution in [0.4, 0.5) is 0 Å². The van der Waals surface area contributed by atoms with Gasteiger partial charge >= 0.3 is 0 Å². The molecule has 53 heavy (non-hydrogen) atoms. The topological polar surface area (TPSA) is 199 Å². The zero-order valence-corrected chi connectivity index (χ0v) is 33.1. The highest BCUT2D eigenvalue weighted by Gasteiger charge is 2.70. The van der Waals surface area contributed by atoms with Crippen LogP contribution in [0.15, 0.2) is 12.2 Å². The summed E-state index contributed by atoms with van der Waals surface area (Å²) in [6, 6.07) is 0. The van der Waals surface area contributed by atoms with Crippen molar-refractivity contribution in [1.29, 1.82) is 0 Å². The van der Waals surface area contributed by atoms with Crippen LogP contribution in [0.3, 0.4) is 0 Å². The van der Waals surface area contributed by atoms with Crippen molar-refractivity contribution in [3.63, 3.8) is 0 Å². The molecule has 6 fully saturated rings. The largest absolute Gasteiger partial charge is 0.393 e. The molecular formula is C41H70O12. The molecule has 8 N–H and O–H groups in total. The molecule has 0 bridgehead atoms. The molecule has 0 radical (unpaired) electrons. The molecule has 0 spiro atoms. The predicted molar refractivity (Wildman–Crippen MR) is 195 cm³/mol. The molecule has 0 aromatic heterocycles. The summed E-state index contributed by atoms with van der Waals surface area (Å²) in [6.07, 6.45) is -5.04. The Bertz CT molecular complexity index is 1310. The summed E-state index contributed by atoms with van der Waals surface area (Å²) in [6.45, 7) is 19.2. The van der Waals surface area contributed by atoms with Crippen molar-refractivity contribution in [2.24, 2.45) is 45.3 Å². The van der Waals surface area contributed by atoms with Gasteiger partial charge < -0.3 is 59.8 Å². The van der Waals surface area contributed by atoms with Gasteiger partial charge in [0.25, 0.3) is 0 Å². The number of aliphatic hydroxyl groups is 8. The first kappa shape index (κ1) is 41.9. The molecule has 0 amide bonds. The first-order valence-electron chi connectivity index (χ1n) is 20.3. The van der Waals surface area contributed by atoms with Gasteiger partial charge in [0.05, 0.1) is 31.0 Å². The Kier molecular flexibility index (Phi) is 11.8. The molecule has 4 saturated carbocycles. The van der Waals surface area contributed by atoms with Crippen LogP contribution in [0.2, 0.25) is 0 Å². The summed E-state index contributed by atoms with van der Waals surface area (Å²) in [4.78, 5) is 0. The number of ether oxygens (including phenoxy) is 4. The van der Waals surface area contributed by atoms with Gasteiger partial charge in [-0.3, -0.25) is 0 Å². The fourth-order valence-corrected chi connectivity index (χ4v) is 13.0. The second-order valence-corrected chi connectivity index (χ2v) is 19.6. The van der Waals surface area contributed by atoms with E-state index in [0.29, 0.717) is 36.2 Å². The van der Waals surface area contributed by atoms with E-state index in [1.54, 1.807) is 6.92 Å². The Morgan fingerprint density at radius 3 is 2.13 bits per heavy atom. The number of fused-ring (bicyclic) bond motifs is 5. The molecule has 19 unspecified atom stereocenters. The van der Waals surface area contributed by atoms with E-state index in [9.17, 15) is 40.9 Å². The monoisotopic (exact) mass is 754 g/mol. The van der Waals surface area contributed by atoms with Crippen LogP contribution < -0.4 is 0 Å². The van der Waals surface area contributed by atoms with Crippen molar-refractivity contribution < 1.29 is 59.8 Å². The van der Waals surface area contributed by atoms with Crippen LogP contribution in [-0.2, 0) is 18.9 Å². The van der Waals surface area contributed by atoms with E-state index in [4.69, 9.17) is 18.9 Å². The molecule has 4 aliphatic carbocycles. The molecule has 306 valence electrons. The van der Waals surface area contributed by atoms with Gasteiger partial charge in [-0.15, -0.1) is 0 Å². The maximum absolute atomic E-state index is 11.3. The minimum atomic E-state index is -1.63. The van der Waals surface area contributed by atoms with Gasteiger partial charge in [-0.2, -0.15) is 0 Å². The highest BCUT2D eigenvalue weighted by molar-refractivity contribution is 5.18. The van der Waals surface area contributed by atoms with Crippen molar-refractivity contribution in [3.8, 4) is 0 Å². The fourth-order valence-electron chi connectivity index (χ4n) is 13.0. The third-order valence-corrected chi connectivity index (χ3v) is 16.6. The van der Waals surface area contributed by atoms with Crippen LogP contribution in [0.25, 0.3) is 0 Å². The second kappa shape index (κ2) is 14.9. The molecule has 19 atom stereocenters. The van der Waals surface area contributed by atoms with Crippen LogP contribution in [0, 0.1) is 45.3 Å². The summed E-state index contributed by atoms with van der Waals surface area (Å²) >= 11 is 0.